The number of carbonyl (C=O) groups excluding carboxylic acids is 1. The number of nitrogens with one attached hydrogen (secondary N) is 1. The number of hydrogen-bond donors (Lipinski definition) is 1. The lowest BCUT2D eigenvalue weighted by Crippen LogP contribution is -2.42. The van der Waals surface area contributed by atoms with E-state index in [9.17, 15) is 9.18 Å². The van der Waals surface area contributed by atoms with E-state index in [-0.39, 0.29) is 17.9 Å². The van der Waals surface area contributed by atoms with Gasteiger partial charge in [-0.15, -0.1) is 11.3 Å². The molecule has 0 bridgehead atoms. The standard InChI is InChI=1S/C25H24BrFN2OS/c1-15-14-18(10-11-21(15)26)28-25(30)29-13-12-20-19-4-2-3-5-22(19)31-24(20)23(29)16-6-8-17(27)9-7-16/h6-11,14,23H,2-5,12-13H2,1H3,(H,28,30). The molecule has 1 aliphatic heterocycles. The second-order valence-corrected chi connectivity index (χ2v) is 10.3. The summed E-state index contributed by atoms with van der Waals surface area (Å²) in [4.78, 5) is 18.0. The van der Waals surface area contributed by atoms with Crippen molar-refractivity contribution in [1.29, 1.82) is 0 Å². The number of anilines is 1. The highest BCUT2D eigenvalue weighted by Crippen LogP contribution is 2.45. The molecule has 2 aliphatic rings. The Morgan fingerprint density at radius 3 is 2.65 bits per heavy atom. The quantitative estimate of drug-likeness (QED) is 0.404. The van der Waals surface area contributed by atoms with E-state index in [1.165, 1.54) is 45.9 Å². The molecule has 2 amide bonds. The molecule has 3 aromatic rings. The zero-order chi connectivity index (χ0) is 21.5. The third kappa shape index (κ3) is 3.92. The number of amides is 2. The van der Waals surface area contributed by atoms with E-state index in [0.29, 0.717) is 6.54 Å². The Morgan fingerprint density at radius 2 is 1.87 bits per heavy atom. The average Bonchev–Trinajstić information content (AvgIpc) is 3.15. The number of aryl methyl sites for hydroxylation is 2. The molecule has 2 aromatic carbocycles. The molecule has 1 aromatic heterocycles. The number of benzene rings is 2. The summed E-state index contributed by atoms with van der Waals surface area (Å²) >= 11 is 5.37. The van der Waals surface area contributed by atoms with E-state index in [1.54, 1.807) is 0 Å². The topological polar surface area (TPSA) is 32.3 Å². The van der Waals surface area contributed by atoms with Gasteiger partial charge in [0, 0.05) is 26.5 Å². The van der Waals surface area contributed by atoms with Crippen molar-refractivity contribution in [2.45, 2.75) is 45.1 Å². The lowest BCUT2D eigenvalue weighted by molar-refractivity contribution is 0.195. The largest absolute Gasteiger partial charge is 0.322 e. The molecule has 1 aliphatic carbocycles. The minimum atomic E-state index is -0.258. The summed E-state index contributed by atoms with van der Waals surface area (Å²) in [5.41, 5.74) is 5.75. The third-order valence-electron chi connectivity index (χ3n) is 6.33. The molecule has 1 N–H and O–H groups in total. The minimum absolute atomic E-state index is 0.118. The van der Waals surface area contributed by atoms with Gasteiger partial charge in [-0.1, -0.05) is 28.1 Å². The fraction of sp³-hybridized carbons (Fsp3) is 0.320. The van der Waals surface area contributed by atoms with Crippen molar-refractivity contribution in [2.24, 2.45) is 0 Å². The van der Waals surface area contributed by atoms with Gasteiger partial charge in [-0.2, -0.15) is 0 Å². The maximum Gasteiger partial charge on any atom is 0.322 e. The second-order valence-electron chi connectivity index (χ2n) is 8.35. The Kier molecular flexibility index (Phi) is 5.61. The van der Waals surface area contributed by atoms with Crippen molar-refractivity contribution in [3.63, 3.8) is 0 Å². The van der Waals surface area contributed by atoms with Crippen molar-refractivity contribution >= 4 is 39.0 Å². The smallest absolute Gasteiger partial charge is 0.312 e. The highest BCUT2D eigenvalue weighted by atomic mass is 79.9. The van der Waals surface area contributed by atoms with Crippen LogP contribution in [0.15, 0.2) is 46.9 Å². The molecule has 0 fully saturated rings. The molecular weight excluding hydrogens is 475 g/mol. The van der Waals surface area contributed by atoms with Gasteiger partial charge in [0.25, 0.3) is 0 Å². The summed E-state index contributed by atoms with van der Waals surface area (Å²) in [6, 6.07) is 12.1. The minimum Gasteiger partial charge on any atom is -0.312 e. The maximum absolute atomic E-state index is 13.7. The van der Waals surface area contributed by atoms with Crippen LogP contribution in [0.5, 0.6) is 0 Å². The molecule has 6 heteroatoms. The van der Waals surface area contributed by atoms with E-state index in [2.05, 4.69) is 21.2 Å². The van der Waals surface area contributed by atoms with Crippen molar-refractivity contribution < 1.29 is 9.18 Å². The molecule has 1 unspecified atom stereocenters. The molecule has 0 radical (unpaired) electrons. The maximum atomic E-state index is 13.7. The Hall–Kier alpha value is -2.18. The van der Waals surface area contributed by atoms with Crippen LogP contribution in [-0.2, 0) is 19.3 Å². The zero-order valence-electron chi connectivity index (χ0n) is 17.4. The van der Waals surface area contributed by atoms with E-state index in [0.717, 1.165) is 40.5 Å². The number of halogens is 2. The van der Waals surface area contributed by atoms with E-state index >= 15 is 0 Å². The van der Waals surface area contributed by atoms with Gasteiger partial charge in [-0.05, 0) is 91.6 Å². The Bertz CT molecular complexity index is 1140. The third-order valence-corrected chi connectivity index (χ3v) is 8.61. The van der Waals surface area contributed by atoms with Gasteiger partial charge in [-0.25, -0.2) is 9.18 Å². The highest BCUT2D eigenvalue weighted by molar-refractivity contribution is 9.10. The van der Waals surface area contributed by atoms with Crippen LogP contribution in [-0.4, -0.2) is 17.5 Å². The monoisotopic (exact) mass is 498 g/mol. The molecule has 3 nitrogen and oxygen atoms in total. The number of carbonyl (C=O) groups is 1. The number of nitrogens with zero attached hydrogens (tertiary/aromatic N) is 1. The van der Waals surface area contributed by atoms with Crippen LogP contribution in [0.3, 0.4) is 0 Å². The van der Waals surface area contributed by atoms with Gasteiger partial charge in [-0.3, -0.25) is 0 Å². The molecule has 1 atom stereocenters. The molecule has 31 heavy (non-hydrogen) atoms. The van der Waals surface area contributed by atoms with Crippen LogP contribution in [0.2, 0.25) is 0 Å². The molecule has 2 heterocycles. The lowest BCUT2D eigenvalue weighted by Gasteiger charge is -2.36. The van der Waals surface area contributed by atoms with Gasteiger partial charge < -0.3 is 10.2 Å². The summed E-state index contributed by atoms with van der Waals surface area (Å²) in [5, 5.41) is 3.08. The number of fused-ring (bicyclic) bond motifs is 3. The normalized spacial score (nSPS) is 17.8. The molecular formula is C25H24BrFN2OS. The van der Waals surface area contributed by atoms with Crippen LogP contribution in [0.1, 0.15) is 50.9 Å². The van der Waals surface area contributed by atoms with Crippen LogP contribution >= 0.6 is 27.3 Å². The molecule has 160 valence electrons. The van der Waals surface area contributed by atoms with Crippen LogP contribution < -0.4 is 5.32 Å². The second kappa shape index (κ2) is 8.40. The molecule has 0 saturated carbocycles. The molecule has 5 rings (SSSR count). The summed E-state index contributed by atoms with van der Waals surface area (Å²) in [6.45, 7) is 2.66. The van der Waals surface area contributed by atoms with Crippen molar-refractivity contribution in [2.75, 3.05) is 11.9 Å². The van der Waals surface area contributed by atoms with Crippen molar-refractivity contribution in [1.82, 2.24) is 4.90 Å². The summed E-state index contributed by atoms with van der Waals surface area (Å²) < 4.78 is 14.7. The number of urea groups is 1. The first kappa shape index (κ1) is 20.7. The number of thiophene rings is 1. The van der Waals surface area contributed by atoms with E-state index < -0.39 is 0 Å². The highest BCUT2D eigenvalue weighted by Gasteiger charge is 2.36. The Morgan fingerprint density at radius 1 is 1.10 bits per heavy atom. The SMILES string of the molecule is Cc1cc(NC(=O)N2CCc3c(sc4c3CCCC4)C2c2ccc(F)cc2)ccc1Br. The molecule has 0 saturated heterocycles. The van der Waals surface area contributed by atoms with Crippen LogP contribution in [0.25, 0.3) is 0 Å². The van der Waals surface area contributed by atoms with Gasteiger partial charge in [0.05, 0.1) is 6.04 Å². The van der Waals surface area contributed by atoms with Gasteiger partial charge in [0.15, 0.2) is 0 Å². The lowest BCUT2D eigenvalue weighted by atomic mass is 9.88. The predicted octanol–water partition coefficient (Wildman–Crippen LogP) is 7.02. The van der Waals surface area contributed by atoms with E-state index in [1.807, 2.05) is 53.5 Å². The van der Waals surface area contributed by atoms with Crippen molar-refractivity contribution in [3.8, 4) is 0 Å². The summed E-state index contributed by atoms with van der Waals surface area (Å²) in [6.07, 6.45) is 5.63. The van der Waals surface area contributed by atoms with Crippen molar-refractivity contribution in [3.05, 3.63) is 84.8 Å². The predicted molar refractivity (Wildman–Crippen MR) is 128 cm³/mol. The van der Waals surface area contributed by atoms with E-state index in [4.69, 9.17) is 0 Å². The summed E-state index contributed by atoms with van der Waals surface area (Å²) in [7, 11) is 0. The fourth-order valence-electron chi connectivity index (χ4n) is 4.76. The first-order valence-electron chi connectivity index (χ1n) is 10.7. The van der Waals surface area contributed by atoms with Gasteiger partial charge in [0.1, 0.15) is 5.82 Å². The Balaban J connectivity index is 1.52. The van der Waals surface area contributed by atoms with Gasteiger partial charge >= 0.3 is 6.03 Å². The number of hydrogen-bond acceptors (Lipinski definition) is 2. The molecule has 0 spiro atoms. The average molecular weight is 499 g/mol. The van der Waals surface area contributed by atoms with Crippen LogP contribution in [0, 0.1) is 12.7 Å². The Labute approximate surface area is 194 Å². The fourth-order valence-corrected chi connectivity index (χ4v) is 6.59. The summed E-state index contributed by atoms with van der Waals surface area (Å²) in [5.74, 6) is -0.258. The first-order chi connectivity index (χ1) is 15.0. The first-order valence-corrected chi connectivity index (χ1v) is 12.3. The number of rotatable bonds is 2. The van der Waals surface area contributed by atoms with Gasteiger partial charge in [0.2, 0.25) is 0 Å². The van der Waals surface area contributed by atoms with Crippen LogP contribution in [0.4, 0.5) is 14.9 Å². The zero-order valence-corrected chi connectivity index (χ0v) is 19.8.